The van der Waals surface area contributed by atoms with Crippen LogP contribution in [0.2, 0.25) is 5.02 Å². The lowest BCUT2D eigenvalue weighted by atomic mass is 10.2. The van der Waals surface area contributed by atoms with Crippen molar-refractivity contribution in [2.75, 3.05) is 4.72 Å². The smallest absolute Gasteiger partial charge is 0.266 e. The fourth-order valence-electron chi connectivity index (χ4n) is 1.56. The van der Waals surface area contributed by atoms with Gasteiger partial charge in [-0.05, 0) is 40.5 Å². The van der Waals surface area contributed by atoms with Crippen LogP contribution in [0.5, 0.6) is 0 Å². The highest BCUT2D eigenvalue weighted by molar-refractivity contribution is 9.10. The Balaban J connectivity index is 2.40. The van der Waals surface area contributed by atoms with Crippen molar-refractivity contribution in [2.45, 2.75) is 18.4 Å². The van der Waals surface area contributed by atoms with E-state index in [0.29, 0.717) is 10.7 Å². The summed E-state index contributed by atoms with van der Waals surface area (Å²) in [6, 6.07) is 6.16. The molecule has 0 bridgehead atoms. The molecule has 0 saturated carbocycles. The van der Waals surface area contributed by atoms with E-state index in [1.807, 2.05) is 0 Å². The third kappa shape index (κ3) is 3.17. The Bertz CT molecular complexity index is 742. The normalized spacial score (nSPS) is 11.6. The second-order valence-electron chi connectivity index (χ2n) is 4.07. The number of aliphatic hydroxyl groups is 1. The van der Waals surface area contributed by atoms with Crippen molar-refractivity contribution in [3.63, 3.8) is 0 Å². The molecule has 0 aliphatic heterocycles. The molecule has 5 nitrogen and oxygen atoms in total. The van der Waals surface area contributed by atoms with Gasteiger partial charge in [-0.2, -0.15) is 0 Å². The number of anilines is 1. The number of sulfonamides is 1. The zero-order valence-electron chi connectivity index (χ0n) is 10.4. The fraction of sp³-hybridized carbons (Fsp3) is 0.167. The molecule has 1 aromatic carbocycles. The summed E-state index contributed by atoms with van der Waals surface area (Å²) in [5, 5.41) is 9.39. The van der Waals surface area contributed by atoms with Crippen LogP contribution in [-0.2, 0) is 16.6 Å². The van der Waals surface area contributed by atoms with E-state index in [9.17, 15) is 8.42 Å². The molecule has 0 radical (unpaired) electrons. The van der Waals surface area contributed by atoms with Crippen molar-refractivity contribution >= 4 is 43.2 Å². The fourth-order valence-corrected chi connectivity index (χ4v) is 3.86. The zero-order valence-corrected chi connectivity index (χ0v) is 13.5. The topological polar surface area (TPSA) is 79.5 Å². The van der Waals surface area contributed by atoms with Gasteiger partial charge in [0.1, 0.15) is 17.3 Å². The highest BCUT2D eigenvalue weighted by Gasteiger charge is 2.23. The van der Waals surface area contributed by atoms with Gasteiger partial charge in [0.2, 0.25) is 0 Å². The third-order valence-corrected chi connectivity index (χ3v) is 5.05. The molecule has 0 fully saturated rings. The van der Waals surface area contributed by atoms with Crippen molar-refractivity contribution in [2.24, 2.45) is 0 Å². The van der Waals surface area contributed by atoms with Crippen LogP contribution < -0.4 is 4.72 Å². The first-order valence-electron chi connectivity index (χ1n) is 5.51. The van der Waals surface area contributed by atoms with Crippen LogP contribution in [0.1, 0.15) is 11.3 Å². The maximum Gasteiger partial charge on any atom is 0.266 e. The SMILES string of the molecule is Cc1ccc(Cl)cc1NS(=O)(=O)c1cc(CO)oc1Br. The lowest BCUT2D eigenvalue weighted by molar-refractivity contribution is 0.245. The summed E-state index contributed by atoms with van der Waals surface area (Å²) < 4.78 is 32.1. The van der Waals surface area contributed by atoms with Crippen LogP contribution >= 0.6 is 27.5 Å². The predicted molar refractivity (Wildman–Crippen MR) is 79.3 cm³/mol. The highest BCUT2D eigenvalue weighted by atomic mass is 79.9. The van der Waals surface area contributed by atoms with Crippen LogP contribution in [0.4, 0.5) is 5.69 Å². The highest BCUT2D eigenvalue weighted by Crippen LogP contribution is 2.29. The molecule has 0 unspecified atom stereocenters. The van der Waals surface area contributed by atoms with Crippen LogP contribution in [-0.4, -0.2) is 13.5 Å². The van der Waals surface area contributed by atoms with Gasteiger partial charge in [0.05, 0.1) is 5.69 Å². The van der Waals surface area contributed by atoms with Crippen molar-refractivity contribution in [1.29, 1.82) is 0 Å². The van der Waals surface area contributed by atoms with Gasteiger partial charge in [0, 0.05) is 11.1 Å². The van der Waals surface area contributed by atoms with E-state index < -0.39 is 10.0 Å². The Kier molecular flexibility index (Phi) is 4.43. The quantitative estimate of drug-likeness (QED) is 0.853. The summed E-state index contributed by atoms with van der Waals surface area (Å²) in [5.74, 6) is 0.153. The molecule has 0 saturated heterocycles. The van der Waals surface area contributed by atoms with Crippen molar-refractivity contribution in [1.82, 2.24) is 0 Å². The van der Waals surface area contributed by atoms with Gasteiger partial charge >= 0.3 is 0 Å². The minimum Gasteiger partial charge on any atom is -0.450 e. The van der Waals surface area contributed by atoms with Gasteiger partial charge in [0.15, 0.2) is 4.67 Å². The molecule has 1 heterocycles. The van der Waals surface area contributed by atoms with Crippen molar-refractivity contribution < 1.29 is 17.9 Å². The summed E-state index contributed by atoms with van der Waals surface area (Å²) in [6.07, 6.45) is 0. The largest absolute Gasteiger partial charge is 0.450 e. The van der Waals surface area contributed by atoms with E-state index in [-0.39, 0.29) is 21.9 Å². The molecule has 1 aromatic heterocycles. The number of hydrogen-bond acceptors (Lipinski definition) is 4. The molecular weight excluding hydrogens is 370 g/mol. The second-order valence-corrected chi connectivity index (χ2v) is 6.88. The van der Waals surface area contributed by atoms with Gasteiger partial charge in [-0.3, -0.25) is 4.72 Å². The van der Waals surface area contributed by atoms with Gasteiger partial charge in [-0.25, -0.2) is 8.42 Å². The Morgan fingerprint density at radius 3 is 2.70 bits per heavy atom. The summed E-state index contributed by atoms with van der Waals surface area (Å²) in [6.45, 7) is 1.38. The summed E-state index contributed by atoms with van der Waals surface area (Å²) >= 11 is 8.87. The number of hydrogen-bond donors (Lipinski definition) is 2. The number of rotatable bonds is 4. The predicted octanol–water partition coefficient (Wildman–Crippen LogP) is 3.30. The molecule has 0 amide bonds. The number of furan rings is 1. The zero-order chi connectivity index (χ0) is 14.9. The molecule has 0 aliphatic rings. The number of aliphatic hydroxyl groups excluding tert-OH is 1. The van der Waals surface area contributed by atoms with E-state index in [0.717, 1.165) is 5.56 Å². The Morgan fingerprint density at radius 2 is 2.10 bits per heavy atom. The standard InChI is InChI=1S/C12H11BrClNO4S/c1-7-2-3-8(14)4-10(7)15-20(17,18)11-5-9(6-16)19-12(11)13/h2-5,15-16H,6H2,1H3. The first-order valence-corrected chi connectivity index (χ1v) is 8.17. The third-order valence-electron chi connectivity index (χ3n) is 2.60. The second kappa shape index (κ2) is 5.77. The number of nitrogens with one attached hydrogen (secondary N) is 1. The molecule has 0 spiro atoms. The molecule has 20 heavy (non-hydrogen) atoms. The average Bonchev–Trinajstić information content (AvgIpc) is 2.76. The molecule has 108 valence electrons. The lowest BCUT2D eigenvalue weighted by Gasteiger charge is -2.09. The molecular formula is C12H11BrClNO4S. The molecule has 0 atom stereocenters. The average molecular weight is 381 g/mol. The summed E-state index contributed by atoms with van der Waals surface area (Å²) in [5.41, 5.74) is 1.12. The first-order chi connectivity index (χ1) is 9.33. The monoisotopic (exact) mass is 379 g/mol. The number of halogens is 2. The number of aryl methyl sites for hydroxylation is 1. The van der Waals surface area contributed by atoms with Crippen molar-refractivity contribution in [3.05, 3.63) is 45.3 Å². The minimum absolute atomic E-state index is 0.0359. The van der Waals surface area contributed by atoms with E-state index in [1.54, 1.807) is 19.1 Å². The van der Waals surface area contributed by atoms with Crippen LogP contribution in [0.15, 0.2) is 38.2 Å². The summed E-state index contributed by atoms with van der Waals surface area (Å²) in [7, 11) is -3.83. The first kappa shape index (κ1) is 15.4. The molecule has 2 rings (SSSR count). The van der Waals surface area contributed by atoms with Gasteiger partial charge in [0.25, 0.3) is 10.0 Å². The van der Waals surface area contributed by atoms with Crippen LogP contribution in [0.25, 0.3) is 0 Å². The molecule has 0 aliphatic carbocycles. The Labute approximate surface area is 129 Å². The Morgan fingerprint density at radius 1 is 1.40 bits per heavy atom. The number of benzene rings is 1. The molecule has 2 aromatic rings. The van der Waals surface area contributed by atoms with Crippen LogP contribution in [0, 0.1) is 6.92 Å². The maximum absolute atomic E-state index is 12.3. The minimum atomic E-state index is -3.83. The Hall–Kier alpha value is -1.02. The van der Waals surface area contributed by atoms with Gasteiger partial charge < -0.3 is 9.52 Å². The van der Waals surface area contributed by atoms with Gasteiger partial charge in [-0.1, -0.05) is 17.7 Å². The van der Waals surface area contributed by atoms with E-state index >= 15 is 0 Å². The maximum atomic E-state index is 12.3. The lowest BCUT2D eigenvalue weighted by Crippen LogP contribution is -2.13. The van der Waals surface area contributed by atoms with Crippen molar-refractivity contribution in [3.8, 4) is 0 Å². The molecule has 8 heteroatoms. The van der Waals surface area contributed by atoms with E-state index in [1.165, 1.54) is 12.1 Å². The van der Waals surface area contributed by atoms with E-state index in [2.05, 4.69) is 20.7 Å². The van der Waals surface area contributed by atoms with Gasteiger partial charge in [-0.15, -0.1) is 0 Å². The molecule has 2 N–H and O–H groups in total. The summed E-state index contributed by atoms with van der Waals surface area (Å²) in [4.78, 5) is -0.0825. The van der Waals surface area contributed by atoms with E-state index in [4.69, 9.17) is 21.1 Å². The van der Waals surface area contributed by atoms with Crippen LogP contribution in [0.3, 0.4) is 0 Å².